The fraction of sp³-hybridized carbons (Fsp3) is 0.308. The number of carbonyl (C=O) groups excluding carboxylic acids is 4. The van der Waals surface area contributed by atoms with E-state index in [4.69, 9.17) is 0 Å². The van der Waals surface area contributed by atoms with Crippen LogP contribution in [0.1, 0.15) is 27.7 Å². The Morgan fingerprint density at radius 3 is 1.27 bits per heavy atom. The molecule has 0 unspecified atom stereocenters. The van der Waals surface area contributed by atoms with Gasteiger partial charge in [0.25, 0.3) is 0 Å². The van der Waals surface area contributed by atoms with Crippen LogP contribution in [0.4, 0.5) is 23.0 Å². The van der Waals surface area contributed by atoms with Crippen LogP contribution in [0, 0.1) is 0 Å². The molecule has 1 rings (SSSR count). The second-order valence-electron chi connectivity index (χ2n) is 4.51. The molecule has 22 heavy (non-hydrogen) atoms. The minimum Gasteiger partial charge on any atom is -0.323 e. The lowest BCUT2D eigenvalue weighted by Gasteiger charge is -2.16. The van der Waals surface area contributed by atoms with Gasteiger partial charge in [0.05, 0.1) is 11.4 Å². The molecule has 0 fully saturated rings. The van der Waals surface area contributed by atoms with Gasteiger partial charge in [0.15, 0.2) is 11.6 Å². The third kappa shape index (κ3) is 5.19. The second-order valence-corrected chi connectivity index (χ2v) is 4.51. The number of rotatable bonds is 4. The fourth-order valence-corrected chi connectivity index (χ4v) is 1.61. The predicted octanol–water partition coefficient (Wildman–Crippen LogP) is 0.915. The van der Waals surface area contributed by atoms with Crippen LogP contribution in [-0.4, -0.2) is 28.6 Å². The van der Waals surface area contributed by atoms with E-state index in [0.717, 1.165) is 0 Å². The van der Waals surface area contributed by atoms with Crippen molar-refractivity contribution in [2.75, 3.05) is 21.3 Å². The summed E-state index contributed by atoms with van der Waals surface area (Å²) in [5, 5.41) is 9.87. The molecule has 0 aliphatic rings. The molecule has 0 aliphatic heterocycles. The largest absolute Gasteiger partial charge is 0.323 e. The number of hydrogen-bond donors (Lipinski definition) is 4. The maximum atomic E-state index is 11.2. The number of anilines is 4. The molecular weight excluding hydrogens is 290 g/mol. The van der Waals surface area contributed by atoms with E-state index in [1.54, 1.807) is 0 Å². The van der Waals surface area contributed by atoms with E-state index >= 15 is 0 Å². The van der Waals surface area contributed by atoms with E-state index in [9.17, 15) is 19.2 Å². The van der Waals surface area contributed by atoms with Gasteiger partial charge in [-0.05, 0) is 6.07 Å². The Morgan fingerprint density at radius 1 is 0.682 bits per heavy atom. The highest BCUT2D eigenvalue weighted by molar-refractivity contribution is 6.02. The van der Waals surface area contributed by atoms with Gasteiger partial charge in [-0.1, -0.05) is 0 Å². The molecule has 1 aromatic heterocycles. The highest BCUT2D eigenvalue weighted by atomic mass is 16.2. The topological polar surface area (TPSA) is 129 Å². The normalized spacial score (nSPS) is 9.64. The predicted molar refractivity (Wildman–Crippen MR) is 81.5 cm³/mol. The van der Waals surface area contributed by atoms with Gasteiger partial charge >= 0.3 is 0 Å². The summed E-state index contributed by atoms with van der Waals surface area (Å²) in [6.07, 6.45) is 0. The van der Waals surface area contributed by atoms with Crippen molar-refractivity contribution in [2.24, 2.45) is 0 Å². The first-order valence-corrected chi connectivity index (χ1v) is 6.34. The SMILES string of the molecule is CC(=O)Nc1cc(NC(C)=O)c(NC(C)=O)nc1NC(C)=O. The Labute approximate surface area is 126 Å². The van der Waals surface area contributed by atoms with Gasteiger partial charge in [-0.15, -0.1) is 0 Å². The number of carbonyl (C=O) groups is 4. The lowest BCUT2D eigenvalue weighted by molar-refractivity contribution is -0.115. The third-order valence-electron chi connectivity index (χ3n) is 2.23. The summed E-state index contributed by atoms with van der Waals surface area (Å²) < 4.78 is 0. The van der Waals surface area contributed by atoms with Crippen molar-refractivity contribution in [2.45, 2.75) is 27.7 Å². The number of hydrogen-bond acceptors (Lipinski definition) is 5. The Hall–Kier alpha value is -2.97. The molecule has 1 aromatic rings. The second kappa shape index (κ2) is 7.16. The molecule has 0 saturated heterocycles. The van der Waals surface area contributed by atoms with Gasteiger partial charge < -0.3 is 21.3 Å². The van der Waals surface area contributed by atoms with Crippen molar-refractivity contribution in [3.05, 3.63) is 6.07 Å². The first kappa shape index (κ1) is 17.1. The lowest BCUT2D eigenvalue weighted by atomic mass is 10.3. The lowest BCUT2D eigenvalue weighted by Crippen LogP contribution is -2.18. The maximum Gasteiger partial charge on any atom is 0.222 e. The van der Waals surface area contributed by atoms with E-state index in [1.807, 2.05) is 0 Å². The summed E-state index contributed by atoms with van der Waals surface area (Å²) in [4.78, 5) is 49.0. The Kier molecular flexibility index (Phi) is 5.56. The minimum atomic E-state index is -0.403. The number of nitrogens with zero attached hydrogens (tertiary/aromatic N) is 1. The molecule has 118 valence electrons. The molecule has 1 heterocycles. The van der Waals surface area contributed by atoms with Gasteiger partial charge in [-0.25, -0.2) is 4.98 Å². The first-order valence-electron chi connectivity index (χ1n) is 6.34. The van der Waals surface area contributed by atoms with Crippen molar-refractivity contribution >= 4 is 46.6 Å². The fourth-order valence-electron chi connectivity index (χ4n) is 1.61. The summed E-state index contributed by atoms with van der Waals surface area (Å²) in [6, 6.07) is 1.40. The van der Waals surface area contributed by atoms with E-state index in [0.29, 0.717) is 0 Å². The van der Waals surface area contributed by atoms with Crippen LogP contribution in [-0.2, 0) is 19.2 Å². The van der Waals surface area contributed by atoms with Crippen molar-refractivity contribution < 1.29 is 19.2 Å². The maximum absolute atomic E-state index is 11.2. The molecule has 0 atom stereocenters. The zero-order valence-corrected chi connectivity index (χ0v) is 12.7. The van der Waals surface area contributed by atoms with Crippen LogP contribution < -0.4 is 21.3 Å². The monoisotopic (exact) mass is 307 g/mol. The quantitative estimate of drug-likeness (QED) is 0.657. The molecule has 9 heteroatoms. The highest BCUT2D eigenvalue weighted by Crippen LogP contribution is 2.30. The van der Waals surface area contributed by atoms with Crippen molar-refractivity contribution in [3.8, 4) is 0 Å². The highest BCUT2D eigenvalue weighted by Gasteiger charge is 2.15. The molecule has 0 radical (unpaired) electrons. The van der Waals surface area contributed by atoms with E-state index in [-0.39, 0.29) is 34.8 Å². The molecule has 9 nitrogen and oxygen atoms in total. The summed E-state index contributed by atoms with van der Waals surface area (Å²) in [5.74, 6) is -1.45. The summed E-state index contributed by atoms with van der Waals surface area (Å²) in [6.45, 7) is 5.13. The third-order valence-corrected chi connectivity index (χ3v) is 2.23. The molecule has 0 saturated carbocycles. The smallest absolute Gasteiger partial charge is 0.222 e. The molecule has 0 bridgehead atoms. The van der Waals surface area contributed by atoms with Crippen LogP contribution in [0.2, 0.25) is 0 Å². The van der Waals surface area contributed by atoms with Crippen LogP contribution in [0.25, 0.3) is 0 Å². The number of nitrogens with one attached hydrogen (secondary N) is 4. The van der Waals surface area contributed by atoms with Gasteiger partial charge in [-0.3, -0.25) is 19.2 Å². The average molecular weight is 307 g/mol. The zero-order chi connectivity index (χ0) is 16.9. The minimum absolute atomic E-state index is 0.0561. The molecule has 0 aliphatic carbocycles. The Bertz CT molecular complexity index is 535. The Morgan fingerprint density at radius 2 is 1.00 bits per heavy atom. The van der Waals surface area contributed by atoms with Gasteiger partial charge in [-0.2, -0.15) is 0 Å². The Balaban J connectivity index is 3.39. The summed E-state index contributed by atoms with van der Waals surface area (Å²) >= 11 is 0. The number of pyridine rings is 1. The van der Waals surface area contributed by atoms with Crippen molar-refractivity contribution in [1.29, 1.82) is 0 Å². The van der Waals surface area contributed by atoms with Crippen molar-refractivity contribution in [3.63, 3.8) is 0 Å². The molecule has 0 aromatic carbocycles. The van der Waals surface area contributed by atoms with E-state index in [2.05, 4.69) is 26.3 Å². The van der Waals surface area contributed by atoms with Gasteiger partial charge in [0.2, 0.25) is 23.6 Å². The molecule has 4 N–H and O–H groups in total. The van der Waals surface area contributed by atoms with Gasteiger partial charge in [0, 0.05) is 27.7 Å². The first-order chi connectivity index (χ1) is 10.2. The average Bonchev–Trinajstić information content (AvgIpc) is 2.31. The molecule has 0 spiro atoms. The number of amides is 4. The molecule has 4 amide bonds. The standard InChI is InChI=1S/C13H17N5O4/c1-6(19)14-10-5-11(15-7(2)20)13(17-9(4)22)18-12(10)16-8(3)21/h5H,1-4H3,(H,14,19)(H,15,20)(H2,16,17,18,21,22). The number of aromatic nitrogens is 1. The van der Waals surface area contributed by atoms with Crippen LogP contribution in [0.5, 0.6) is 0 Å². The summed E-state index contributed by atoms with van der Waals surface area (Å²) in [5.41, 5.74) is 0.390. The van der Waals surface area contributed by atoms with E-state index < -0.39 is 11.8 Å². The van der Waals surface area contributed by atoms with Crippen LogP contribution in [0.15, 0.2) is 6.07 Å². The van der Waals surface area contributed by atoms with Crippen LogP contribution >= 0.6 is 0 Å². The molecular formula is C13H17N5O4. The van der Waals surface area contributed by atoms with Gasteiger partial charge in [0.1, 0.15) is 0 Å². The zero-order valence-electron chi connectivity index (χ0n) is 12.7. The van der Waals surface area contributed by atoms with Crippen LogP contribution in [0.3, 0.4) is 0 Å². The summed E-state index contributed by atoms with van der Waals surface area (Å²) in [7, 11) is 0. The van der Waals surface area contributed by atoms with E-state index in [1.165, 1.54) is 33.8 Å². The van der Waals surface area contributed by atoms with Crippen molar-refractivity contribution in [1.82, 2.24) is 4.98 Å².